The lowest BCUT2D eigenvalue weighted by molar-refractivity contribution is -0.129. The summed E-state index contributed by atoms with van der Waals surface area (Å²) in [7, 11) is 3.34. The molecule has 2 amide bonds. The number of ether oxygens (including phenoxy) is 2. The normalized spacial score (nSPS) is 12.7. The molecule has 0 N–H and O–H groups in total. The monoisotopic (exact) mass is 370 g/mol. The molecule has 1 aromatic rings. The molecule has 1 aliphatic heterocycles. The predicted octanol–water partition coefficient (Wildman–Crippen LogP) is 1.77. The van der Waals surface area contributed by atoms with Crippen molar-refractivity contribution >= 4 is 27.7 Å². The Hall–Kier alpha value is -1.76. The second-order valence-corrected chi connectivity index (χ2v) is 5.94. The Labute approximate surface area is 138 Å². The van der Waals surface area contributed by atoms with Gasteiger partial charge in [0.25, 0.3) is 5.91 Å². The number of likely N-dealkylation sites (N-methyl/N-ethyl adjacent to an activating group) is 2. The maximum Gasteiger partial charge on any atom is 0.254 e. The van der Waals surface area contributed by atoms with Crippen molar-refractivity contribution < 1.29 is 19.1 Å². The molecule has 0 fully saturated rings. The first-order valence-electron chi connectivity index (χ1n) is 7.02. The van der Waals surface area contributed by atoms with Crippen molar-refractivity contribution in [2.45, 2.75) is 6.92 Å². The number of halogens is 1. The van der Waals surface area contributed by atoms with Crippen LogP contribution in [-0.4, -0.2) is 62.0 Å². The number of nitrogens with zero attached hydrogens (tertiary/aromatic N) is 2. The van der Waals surface area contributed by atoms with Gasteiger partial charge in [-0.1, -0.05) is 0 Å². The lowest BCUT2D eigenvalue weighted by atomic mass is 10.1. The van der Waals surface area contributed by atoms with Gasteiger partial charge in [0.1, 0.15) is 13.2 Å². The summed E-state index contributed by atoms with van der Waals surface area (Å²) in [6.45, 7) is 3.28. The van der Waals surface area contributed by atoms with E-state index in [1.807, 2.05) is 6.92 Å². The summed E-state index contributed by atoms with van der Waals surface area (Å²) in [5, 5.41) is 0. The highest BCUT2D eigenvalue weighted by molar-refractivity contribution is 9.10. The Balaban J connectivity index is 2.24. The van der Waals surface area contributed by atoms with E-state index in [1.54, 1.807) is 26.2 Å². The van der Waals surface area contributed by atoms with Crippen molar-refractivity contribution in [3.8, 4) is 11.5 Å². The molecule has 0 atom stereocenters. The molecule has 0 spiro atoms. The molecule has 0 aromatic heterocycles. The van der Waals surface area contributed by atoms with Gasteiger partial charge in [0, 0.05) is 26.2 Å². The molecular weight excluding hydrogens is 352 g/mol. The zero-order valence-corrected chi connectivity index (χ0v) is 14.5. The minimum Gasteiger partial charge on any atom is -0.486 e. The topological polar surface area (TPSA) is 59.1 Å². The predicted molar refractivity (Wildman–Crippen MR) is 85.4 cm³/mol. The van der Waals surface area contributed by atoms with E-state index in [4.69, 9.17) is 9.47 Å². The van der Waals surface area contributed by atoms with Crippen LogP contribution in [0.4, 0.5) is 0 Å². The van der Waals surface area contributed by atoms with Gasteiger partial charge in [0.15, 0.2) is 11.5 Å². The van der Waals surface area contributed by atoms with Gasteiger partial charge in [-0.2, -0.15) is 0 Å². The molecule has 0 aliphatic carbocycles. The zero-order chi connectivity index (χ0) is 16.3. The average Bonchev–Trinajstić information content (AvgIpc) is 2.51. The molecule has 22 heavy (non-hydrogen) atoms. The van der Waals surface area contributed by atoms with Crippen molar-refractivity contribution in [3.63, 3.8) is 0 Å². The van der Waals surface area contributed by atoms with Gasteiger partial charge in [-0.25, -0.2) is 0 Å². The number of fused-ring (bicyclic) bond motifs is 1. The zero-order valence-electron chi connectivity index (χ0n) is 12.9. The van der Waals surface area contributed by atoms with Crippen molar-refractivity contribution in [2.24, 2.45) is 0 Å². The Morgan fingerprint density at radius 1 is 1.23 bits per heavy atom. The number of carbonyl (C=O) groups excluding carboxylic acids is 2. The van der Waals surface area contributed by atoms with Crippen LogP contribution in [0.3, 0.4) is 0 Å². The van der Waals surface area contributed by atoms with Crippen LogP contribution in [0.5, 0.6) is 11.5 Å². The van der Waals surface area contributed by atoms with Crippen molar-refractivity contribution in [1.29, 1.82) is 0 Å². The van der Waals surface area contributed by atoms with Crippen LogP contribution < -0.4 is 9.47 Å². The third kappa shape index (κ3) is 3.52. The fourth-order valence-electron chi connectivity index (χ4n) is 2.05. The van der Waals surface area contributed by atoms with Crippen LogP contribution in [0.15, 0.2) is 16.6 Å². The highest BCUT2D eigenvalue weighted by Crippen LogP contribution is 2.38. The Morgan fingerprint density at radius 3 is 2.55 bits per heavy atom. The van der Waals surface area contributed by atoms with E-state index < -0.39 is 0 Å². The van der Waals surface area contributed by atoms with Gasteiger partial charge in [-0.05, 0) is 35.0 Å². The van der Waals surface area contributed by atoms with E-state index in [1.165, 1.54) is 9.80 Å². The van der Waals surface area contributed by atoms with Crippen LogP contribution >= 0.6 is 15.9 Å². The molecule has 1 aromatic carbocycles. The molecule has 0 bridgehead atoms. The highest BCUT2D eigenvalue weighted by atomic mass is 79.9. The van der Waals surface area contributed by atoms with E-state index in [0.29, 0.717) is 41.3 Å². The van der Waals surface area contributed by atoms with Gasteiger partial charge in [-0.3, -0.25) is 9.59 Å². The summed E-state index contributed by atoms with van der Waals surface area (Å²) in [5.41, 5.74) is 0.463. The van der Waals surface area contributed by atoms with Gasteiger partial charge in [0.05, 0.1) is 11.0 Å². The molecule has 120 valence electrons. The van der Waals surface area contributed by atoms with Gasteiger partial charge < -0.3 is 19.3 Å². The molecule has 0 saturated heterocycles. The van der Waals surface area contributed by atoms with Crippen molar-refractivity contribution in [3.05, 3.63) is 22.2 Å². The number of benzene rings is 1. The summed E-state index contributed by atoms with van der Waals surface area (Å²) < 4.78 is 11.7. The average molecular weight is 371 g/mol. The summed E-state index contributed by atoms with van der Waals surface area (Å²) in [4.78, 5) is 27.4. The van der Waals surface area contributed by atoms with Crippen LogP contribution in [0.2, 0.25) is 0 Å². The Bertz CT molecular complexity index is 589. The molecule has 0 radical (unpaired) electrons. The third-order valence-electron chi connectivity index (χ3n) is 3.34. The van der Waals surface area contributed by atoms with E-state index in [2.05, 4.69) is 15.9 Å². The lowest BCUT2D eigenvalue weighted by Crippen LogP contribution is -2.40. The largest absolute Gasteiger partial charge is 0.486 e. The van der Waals surface area contributed by atoms with E-state index in [-0.39, 0.29) is 18.4 Å². The quantitative estimate of drug-likeness (QED) is 0.810. The molecule has 6 nitrogen and oxygen atoms in total. The summed E-state index contributed by atoms with van der Waals surface area (Å²) in [6, 6.07) is 3.35. The first-order valence-corrected chi connectivity index (χ1v) is 7.82. The standard InChI is InChI=1S/C15H19BrN2O4/c1-4-18(9-13(19)17(2)3)15(20)10-7-11(16)14-12(8-10)21-5-6-22-14/h7-8H,4-6,9H2,1-3H3. The maximum absolute atomic E-state index is 12.6. The fraction of sp³-hybridized carbons (Fsp3) is 0.467. The van der Waals surface area contributed by atoms with E-state index in [9.17, 15) is 9.59 Å². The maximum atomic E-state index is 12.6. The number of rotatable bonds is 4. The van der Waals surface area contributed by atoms with Crippen LogP contribution in [0, 0.1) is 0 Å². The molecule has 2 rings (SSSR count). The minimum absolute atomic E-state index is 0.0500. The molecule has 1 aliphatic rings. The summed E-state index contributed by atoms with van der Waals surface area (Å²) >= 11 is 3.40. The first kappa shape index (κ1) is 16.6. The van der Waals surface area contributed by atoms with Crippen LogP contribution in [0.25, 0.3) is 0 Å². The first-order chi connectivity index (χ1) is 10.4. The van der Waals surface area contributed by atoms with Gasteiger partial charge in [-0.15, -0.1) is 0 Å². The van der Waals surface area contributed by atoms with Crippen LogP contribution in [-0.2, 0) is 4.79 Å². The second-order valence-electron chi connectivity index (χ2n) is 5.09. The summed E-state index contributed by atoms with van der Waals surface area (Å²) in [5.74, 6) is 0.816. The number of hydrogen-bond acceptors (Lipinski definition) is 4. The molecular formula is C15H19BrN2O4. The SMILES string of the molecule is CCN(CC(=O)N(C)C)C(=O)c1cc(Br)c2c(c1)OCCO2. The molecule has 0 unspecified atom stereocenters. The number of carbonyl (C=O) groups is 2. The Morgan fingerprint density at radius 2 is 1.91 bits per heavy atom. The van der Waals surface area contributed by atoms with E-state index >= 15 is 0 Å². The fourth-order valence-corrected chi connectivity index (χ4v) is 2.61. The molecule has 7 heteroatoms. The van der Waals surface area contributed by atoms with Crippen molar-refractivity contribution in [2.75, 3.05) is 40.4 Å². The minimum atomic E-state index is -0.213. The lowest BCUT2D eigenvalue weighted by Gasteiger charge is -2.24. The summed E-state index contributed by atoms with van der Waals surface area (Å²) in [6.07, 6.45) is 0. The third-order valence-corrected chi connectivity index (χ3v) is 3.93. The van der Waals surface area contributed by atoms with Crippen molar-refractivity contribution in [1.82, 2.24) is 9.80 Å². The molecule has 0 saturated carbocycles. The smallest absolute Gasteiger partial charge is 0.254 e. The van der Waals surface area contributed by atoms with Gasteiger partial charge >= 0.3 is 0 Å². The Kier molecular flexibility index (Phi) is 5.28. The highest BCUT2D eigenvalue weighted by Gasteiger charge is 2.23. The van der Waals surface area contributed by atoms with E-state index in [0.717, 1.165) is 0 Å². The van der Waals surface area contributed by atoms with Crippen LogP contribution in [0.1, 0.15) is 17.3 Å². The second kappa shape index (κ2) is 7.00. The molecule has 1 heterocycles. The number of amides is 2. The number of hydrogen-bond donors (Lipinski definition) is 0. The van der Waals surface area contributed by atoms with Gasteiger partial charge in [0.2, 0.25) is 5.91 Å².